The number of hydrogen-bond donors (Lipinski definition) is 2. The molecule has 0 aliphatic rings. The van der Waals surface area contributed by atoms with E-state index in [0.29, 0.717) is 22.0 Å². The lowest BCUT2D eigenvalue weighted by Gasteiger charge is -2.05. The third-order valence-corrected chi connectivity index (χ3v) is 3.99. The van der Waals surface area contributed by atoms with Gasteiger partial charge in [-0.15, -0.1) is 0 Å². The van der Waals surface area contributed by atoms with E-state index in [4.69, 9.17) is 4.42 Å². The van der Waals surface area contributed by atoms with Crippen molar-refractivity contribution < 1.29 is 23.5 Å². The number of hydrogen-bond acceptors (Lipinski definition) is 6. The number of carbonyl (C=O) groups is 3. The quantitative estimate of drug-likeness (QED) is 0.393. The summed E-state index contributed by atoms with van der Waals surface area (Å²) in [7, 11) is 1.23. The molecule has 3 aromatic rings. The van der Waals surface area contributed by atoms with E-state index in [1.807, 2.05) is 19.1 Å². The second-order valence-electron chi connectivity index (χ2n) is 6.22. The minimum absolute atomic E-state index is 0.0590. The molecule has 0 radical (unpaired) electrons. The molecule has 0 bridgehead atoms. The van der Waals surface area contributed by atoms with Crippen LogP contribution in [0, 0.1) is 6.92 Å². The van der Waals surface area contributed by atoms with E-state index in [9.17, 15) is 14.4 Å². The Labute approximate surface area is 166 Å². The Morgan fingerprint density at radius 2 is 1.76 bits per heavy atom. The predicted molar refractivity (Wildman–Crippen MR) is 106 cm³/mol. The molecule has 0 saturated carbocycles. The smallest absolute Gasteiger partial charge is 0.374 e. The minimum atomic E-state index is -0.670. The molecule has 0 fully saturated rings. The van der Waals surface area contributed by atoms with Crippen molar-refractivity contribution in [3.8, 4) is 0 Å². The van der Waals surface area contributed by atoms with Crippen LogP contribution in [0.25, 0.3) is 11.0 Å². The van der Waals surface area contributed by atoms with Gasteiger partial charge in [-0.2, -0.15) is 5.10 Å². The van der Waals surface area contributed by atoms with Gasteiger partial charge >= 0.3 is 5.97 Å². The van der Waals surface area contributed by atoms with E-state index in [-0.39, 0.29) is 5.76 Å². The minimum Gasteiger partial charge on any atom is -0.463 e. The van der Waals surface area contributed by atoms with E-state index < -0.39 is 24.2 Å². The highest BCUT2D eigenvalue weighted by atomic mass is 16.5. The third kappa shape index (κ3) is 5.07. The number of para-hydroxylation sites is 1. The van der Waals surface area contributed by atoms with E-state index in [2.05, 4.69) is 20.6 Å². The molecule has 0 spiro atoms. The molecule has 3 rings (SSSR count). The van der Waals surface area contributed by atoms with E-state index >= 15 is 0 Å². The van der Waals surface area contributed by atoms with Gasteiger partial charge in [0, 0.05) is 17.1 Å². The summed E-state index contributed by atoms with van der Waals surface area (Å²) in [4.78, 5) is 35.9. The van der Waals surface area contributed by atoms with Crippen LogP contribution >= 0.6 is 0 Å². The number of rotatable bonds is 5. The van der Waals surface area contributed by atoms with Gasteiger partial charge in [0.05, 0.1) is 12.5 Å². The molecule has 0 atom stereocenters. The SMILES string of the molecule is COC(=O)c1c/c(=N/NC(=O)CC(=O)Nc2ccc(C)cc2)c2ccccc2o1. The highest BCUT2D eigenvalue weighted by Gasteiger charge is 2.12. The van der Waals surface area contributed by atoms with Crippen molar-refractivity contribution in [1.82, 2.24) is 5.43 Å². The van der Waals surface area contributed by atoms with Crippen LogP contribution in [0.15, 0.2) is 64.1 Å². The van der Waals surface area contributed by atoms with Gasteiger partial charge in [-0.05, 0) is 31.2 Å². The lowest BCUT2D eigenvalue weighted by atomic mass is 10.2. The first-order valence-electron chi connectivity index (χ1n) is 8.76. The van der Waals surface area contributed by atoms with Gasteiger partial charge < -0.3 is 14.5 Å². The number of carbonyl (C=O) groups excluding carboxylic acids is 3. The Kier molecular flexibility index (Phi) is 6.03. The molecule has 2 amide bonds. The molecule has 0 saturated heterocycles. The zero-order valence-electron chi connectivity index (χ0n) is 15.9. The molecule has 0 aliphatic heterocycles. The van der Waals surface area contributed by atoms with Gasteiger partial charge in [-0.25, -0.2) is 10.2 Å². The lowest BCUT2D eigenvalue weighted by molar-refractivity contribution is -0.126. The average molecular weight is 393 g/mol. The fourth-order valence-corrected chi connectivity index (χ4v) is 2.56. The van der Waals surface area contributed by atoms with Crippen LogP contribution in [-0.4, -0.2) is 24.9 Å². The van der Waals surface area contributed by atoms with Crippen LogP contribution in [0.4, 0.5) is 5.69 Å². The number of aryl methyl sites for hydroxylation is 1. The number of methoxy groups -OCH3 is 1. The van der Waals surface area contributed by atoms with E-state index in [0.717, 1.165) is 5.56 Å². The summed E-state index contributed by atoms with van der Waals surface area (Å²) in [5.74, 6) is -1.80. The zero-order chi connectivity index (χ0) is 20.8. The van der Waals surface area contributed by atoms with Gasteiger partial charge in [0.25, 0.3) is 0 Å². The van der Waals surface area contributed by atoms with Crippen LogP contribution in [0.5, 0.6) is 0 Å². The maximum atomic E-state index is 12.1. The molecule has 1 heterocycles. The average Bonchev–Trinajstić information content (AvgIpc) is 2.72. The standard InChI is InChI=1S/C21H19N3O5/c1-13-7-9-14(10-8-13)22-19(25)12-20(26)24-23-16-11-18(21(27)28-2)29-17-6-4-3-5-15(16)17/h3-11H,12H2,1-2H3,(H,22,25)(H,24,26)/b23-16-. The number of nitrogens with one attached hydrogen (secondary N) is 2. The molecular formula is C21H19N3O5. The lowest BCUT2D eigenvalue weighted by Crippen LogP contribution is -2.26. The highest BCUT2D eigenvalue weighted by Crippen LogP contribution is 2.12. The molecule has 2 N–H and O–H groups in total. The molecule has 0 unspecified atom stereocenters. The van der Waals surface area contributed by atoms with Crippen molar-refractivity contribution >= 4 is 34.4 Å². The zero-order valence-corrected chi connectivity index (χ0v) is 15.9. The summed E-state index contributed by atoms with van der Waals surface area (Å²) in [6.07, 6.45) is -0.406. The number of fused-ring (bicyclic) bond motifs is 1. The van der Waals surface area contributed by atoms with Crippen molar-refractivity contribution in [2.24, 2.45) is 5.10 Å². The molecule has 29 heavy (non-hydrogen) atoms. The fourth-order valence-electron chi connectivity index (χ4n) is 2.56. The van der Waals surface area contributed by atoms with Crippen molar-refractivity contribution in [3.63, 3.8) is 0 Å². The fraction of sp³-hybridized carbons (Fsp3) is 0.143. The Morgan fingerprint density at radius 3 is 2.48 bits per heavy atom. The maximum absolute atomic E-state index is 12.1. The monoisotopic (exact) mass is 393 g/mol. The van der Waals surface area contributed by atoms with Crippen molar-refractivity contribution in [3.05, 3.63) is 71.3 Å². The van der Waals surface area contributed by atoms with E-state index in [1.165, 1.54) is 13.2 Å². The van der Waals surface area contributed by atoms with Crippen molar-refractivity contribution in [1.29, 1.82) is 0 Å². The third-order valence-electron chi connectivity index (χ3n) is 3.99. The number of anilines is 1. The van der Waals surface area contributed by atoms with Crippen LogP contribution < -0.4 is 16.1 Å². The summed E-state index contributed by atoms with van der Waals surface area (Å²) in [6, 6.07) is 15.5. The first-order valence-corrected chi connectivity index (χ1v) is 8.76. The Bertz CT molecular complexity index is 1130. The number of amides is 2. The first kappa shape index (κ1) is 19.8. The predicted octanol–water partition coefficient (Wildman–Crippen LogP) is 2.49. The number of esters is 1. The highest BCUT2D eigenvalue weighted by molar-refractivity contribution is 6.03. The van der Waals surface area contributed by atoms with Crippen LogP contribution in [0.1, 0.15) is 22.5 Å². The summed E-state index contributed by atoms with van der Waals surface area (Å²) in [5, 5.41) is 7.57. The van der Waals surface area contributed by atoms with Crippen molar-refractivity contribution in [2.75, 3.05) is 12.4 Å². The second-order valence-corrected chi connectivity index (χ2v) is 6.22. The number of ether oxygens (including phenoxy) is 1. The van der Waals surface area contributed by atoms with Crippen LogP contribution in [0.2, 0.25) is 0 Å². The summed E-state index contributed by atoms with van der Waals surface area (Å²) in [5.41, 5.74) is 4.40. The van der Waals surface area contributed by atoms with Gasteiger partial charge in [0.2, 0.25) is 17.6 Å². The Morgan fingerprint density at radius 1 is 1.03 bits per heavy atom. The molecule has 1 aromatic heterocycles. The number of benzene rings is 2. The van der Waals surface area contributed by atoms with E-state index in [1.54, 1.807) is 36.4 Å². The molecule has 0 aliphatic carbocycles. The maximum Gasteiger partial charge on any atom is 0.374 e. The van der Waals surface area contributed by atoms with Gasteiger partial charge in [0.1, 0.15) is 12.0 Å². The number of nitrogens with zero attached hydrogens (tertiary/aromatic N) is 1. The Hall–Kier alpha value is -3.94. The summed E-state index contributed by atoms with van der Waals surface area (Å²) < 4.78 is 10.2. The summed E-state index contributed by atoms with van der Waals surface area (Å²) >= 11 is 0. The van der Waals surface area contributed by atoms with Crippen LogP contribution in [0.3, 0.4) is 0 Å². The Balaban J connectivity index is 1.75. The van der Waals surface area contributed by atoms with Crippen molar-refractivity contribution in [2.45, 2.75) is 13.3 Å². The van der Waals surface area contributed by atoms with Gasteiger partial charge in [0.15, 0.2) is 0 Å². The summed E-state index contributed by atoms with van der Waals surface area (Å²) in [6.45, 7) is 1.94. The normalized spacial score (nSPS) is 11.2. The van der Waals surface area contributed by atoms with Gasteiger partial charge in [-0.3, -0.25) is 9.59 Å². The topological polar surface area (TPSA) is 110 Å². The van der Waals surface area contributed by atoms with Crippen LogP contribution in [-0.2, 0) is 14.3 Å². The molecule has 148 valence electrons. The molecular weight excluding hydrogens is 374 g/mol. The van der Waals surface area contributed by atoms with Gasteiger partial charge in [-0.1, -0.05) is 29.8 Å². The molecule has 8 nitrogen and oxygen atoms in total. The largest absolute Gasteiger partial charge is 0.463 e. The first-order chi connectivity index (χ1) is 14.0. The molecule has 8 heteroatoms. The molecule has 2 aromatic carbocycles. The second kappa shape index (κ2) is 8.83.